The lowest BCUT2D eigenvalue weighted by atomic mass is 10.3. The fourth-order valence-electron chi connectivity index (χ4n) is 0.783. The first-order chi connectivity index (χ1) is 5.76. The third-order valence-electron chi connectivity index (χ3n) is 1.40. The van der Waals surface area contributed by atoms with E-state index >= 15 is 0 Å². The molecule has 12 heavy (non-hydrogen) atoms. The molecule has 1 heterocycles. The van der Waals surface area contributed by atoms with Gasteiger partial charge in [-0.2, -0.15) is 5.10 Å². The molecule has 4 nitrogen and oxygen atoms in total. The average molecular weight is 232 g/mol. The summed E-state index contributed by atoms with van der Waals surface area (Å²) in [6, 6.07) is 1.82. The highest BCUT2D eigenvalue weighted by atomic mass is 79.9. The summed E-state index contributed by atoms with van der Waals surface area (Å²) in [7, 11) is 0. The molecule has 2 N–H and O–H groups in total. The minimum atomic E-state index is -0.0934. The fraction of sp³-hybridized carbons (Fsp3) is 0.429. The number of amides is 1. The number of halogens is 1. The van der Waals surface area contributed by atoms with Gasteiger partial charge < -0.3 is 5.32 Å². The van der Waals surface area contributed by atoms with Crippen molar-refractivity contribution >= 4 is 27.7 Å². The Hall–Kier alpha value is -0.840. The Kier molecular flexibility index (Phi) is 3.28. The van der Waals surface area contributed by atoms with Crippen molar-refractivity contribution in [1.29, 1.82) is 0 Å². The Morgan fingerprint density at radius 1 is 1.83 bits per heavy atom. The lowest BCUT2D eigenvalue weighted by Crippen LogP contribution is -2.12. The number of aryl methyl sites for hydroxylation is 1. The van der Waals surface area contributed by atoms with Gasteiger partial charge in [-0.3, -0.25) is 9.89 Å². The topological polar surface area (TPSA) is 57.8 Å². The zero-order valence-corrected chi connectivity index (χ0v) is 8.31. The van der Waals surface area contributed by atoms with Gasteiger partial charge in [0.1, 0.15) is 0 Å². The van der Waals surface area contributed by atoms with Crippen LogP contribution in [0.2, 0.25) is 0 Å². The van der Waals surface area contributed by atoms with E-state index in [2.05, 4.69) is 31.4 Å². The molecule has 1 aromatic rings. The third-order valence-corrected chi connectivity index (χ3v) is 1.91. The first-order valence-corrected chi connectivity index (χ1v) is 4.78. The summed E-state index contributed by atoms with van der Waals surface area (Å²) < 4.78 is 0. The maximum Gasteiger partial charge on any atom is 0.236 e. The molecule has 0 saturated carbocycles. The number of rotatable bonds is 3. The maximum atomic E-state index is 10.9. The van der Waals surface area contributed by atoms with E-state index in [1.807, 2.05) is 13.0 Å². The molecule has 0 aliphatic carbocycles. The molecule has 5 heteroatoms. The molecule has 1 amide bonds. The number of aromatic amines is 1. The minimum Gasteiger partial charge on any atom is -0.308 e. The molecule has 0 aliphatic heterocycles. The number of nitrogens with zero attached hydrogens (tertiary/aromatic N) is 1. The van der Waals surface area contributed by atoms with E-state index in [0.29, 0.717) is 11.1 Å². The van der Waals surface area contributed by atoms with Crippen LogP contribution < -0.4 is 5.32 Å². The van der Waals surface area contributed by atoms with E-state index in [9.17, 15) is 4.79 Å². The fourth-order valence-corrected chi connectivity index (χ4v) is 0.923. The first kappa shape index (κ1) is 9.25. The van der Waals surface area contributed by atoms with Crippen molar-refractivity contribution in [2.45, 2.75) is 13.3 Å². The van der Waals surface area contributed by atoms with Crippen LogP contribution in [0.4, 0.5) is 5.82 Å². The summed E-state index contributed by atoms with van der Waals surface area (Å²) in [4.78, 5) is 10.9. The lowest BCUT2D eigenvalue weighted by molar-refractivity contribution is -0.113. The second-order valence-electron chi connectivity index (χ2n) is 2.31. The highest BCUT2D eigenvalue weighted by molar-refractivity contribution is 9.09. The highest BCUT2D eigenvalue weighted by Crippen LogP contribution is 2.05. The van der Waals surface area contributed by atoms with Crippen molar-refractivity contribution < 1.29 is 4.79 Å². The Bertz CT molecular complexity index is 271. The SMILES string of the molecule is CCc1cc(NC(=O)CBr)n[nH]1. The summed E-state index contributed by atoms with van der Waals surface area (Å²) in [5.41, 5.74) is 1.01. The van der Waals surface area contributed by atoms with Gasteiger partial charge in [0, 0.05) is 11.8 Å². The number of carbonyl (C=O) groups excluding carboxylic acids is 1. The number of nitrogens with one attached hydrogen (secondary N) is 2. The predicted octanol–water partition coefficient (Wildman–Crippen LogP) is 1.31. The maximum absolute atomic E-state index is 10.9. The molecule has 0 bridgehead atoms. The molecule has 0 fully saturated rings. The van der Waals surface area contributed by atoms with Crippen LogP contribution in [0.25, 0.3) is 0 Å². The number of carbonyl (C=O) groups is 1. The van der Waals surface area contributed by atoms with Crippen molar-refractivity contribution in [3.8, 4) is 0 Å². The largest absolute Gasteiger partial charge is 0.308 e. The standard InChI is InChI=1S/C7H10BrN3O/c1-2-5-3-6(11-10-5)9-7(12)4-8/h3H,2,4H2,1H3,(H2,9,10,11,12). The number of hydrogen-bond acceptors (Lipinski definition) is 2. The Morgan fingerprint density at radius 3 is 3.08 bits per heavy atom. The molecule has 0 saturated heterocycles. The van der Waals surface area contributed by atoms with Crippen LogP contribution in [-0.2, 0) is 11.2 Å². The van der Waals surface area contributed by atoms with E-state index in [0.717, 1.165) is 12.1 Å². The molecule has 0 atom stereocenters. The van der Waals surface area contributed by atoms with Gasteiger partial charge in [-0.05, 0) is 6.42 Å². The van der Waals surface area contributed by atoms with Gasteiger partial charge in [-0.25, -0.2) is 0 Å². The van der Waals surface area contributed by atoms with Gasteiger partial charge >= 0.3 is 0 Å². The van der Waals surface area contributed by atoms with Gasteiger partial charge in [-0.15, -0.1) is 0 Å². The second-order valence-corrected chi connectivity index (χ2v) is 2.87. The van der Waals surface area contributed by atoms with E-state index in [1.165, 1.54) is 0 Å². The summed E-state index contributed by atoms with van der Waals surface area (Å²) in [6.45, 7) is 2.02. The summed E-state index contributed by atoms with van der Waals surface area (Å²) in [6.07, 6.45) is 0.886. The van der Waals surface area contributed by atoms with Crippen LogP contribution in [0, 0.1) is 0 Å². The number of aromatic nitrogens is 2. The Balaban J connectivity index is 2.58. The molecule has 0 aromatic carbocycles. The normalized spacial score (nSPS) is 9.83. The molecule has 1 aromatic heterocycles. The second kappa shape index (κ2) is 4.25. The average Bonchev–Trinajstić information content (AvgIpc) is 2.52. The number of anilines is 1. The first-order valence-electron chi connectivity index (χ1n) is 3.66. The van der Waals surface area contributed by atoms with E-state index in [-0.39, 0.29) is 5.91 Å². The number of H-pyrrole nitrogens is 1. The molecule has 0 unspecified atom stereocenters. The van der Waals surface area contributed by atoms with Crippen LogP contribution in [0.5, 0.6) is 0 Å². The van der Waals surface area contributed by atoms with Crippen molar-refractivity contribution in [3.63, 3.8) is 0 Å². The lowest BCUT2D eigenvalue weighted by Gasteiger charge is -1.94. The van der Waals surface area contributed by atoms with Crippen LogP contribution in [0.3, 0.4) is 0 Å². The van der Waals surface area contributed by atoms with Crippen LogP contribution in [-0.4, -0.2) is 21.4 Å². The predicted molar refractivity (Wildman–Crippen MR) is 50.4 cm³/mol. The molecule has 0 spiro atoms. The van der Waals surface area contributed by atoms with Gasteiger partial charge in [0.25, 0.3) is 0 Å². The highest BCUT2D eigenvalue weighted by Gasteiger charge is 2.02. The molecular weight excluding hydrogens is 222 g/mol. The number of hydrogen-bond donors (Lipinski definition) is 2. The third kappa shape index (κ3) is 2.34. The molecule has 0 radical (unpaired) electrons. The van der Waals surface area contributed by atoms with Crippen LogP contribution in [0.1, 0.15) is 12.6 Å². The summed E-state index contributed by atoms with van der Waals surface area (Å²) in [5.74, 6) is 0.487. The van der Waals surface area contributed by atoms with Gasteiger partial charge in [-0.1, -0.05) is 22.9 Å². The molecular formula is C7H10BrN3O. The van der Waals surface area contributed by atoms with Crippen LogP contribution >= 0.6 is 15.9 Å². The van der Waals surface area contributed by atoms with Crippen molar-refractivity contribution in [3.05, 3.63) is 11.8 Å². The Labute approximate surface area is 78.9 Å². The molecule has 1 rings (SSSR count). The zero-order chi connectivity index (χ0) is 8.97. The van der Waals surface area contributed by atoms with E-state index < -0.39 is 0 Å². The van der Waals surface area contributed by atoms with Crippen molar-refractivity contribution in [2.75, 3.05) is 10.6 Å². The van der Waals surface area contributed by atoms with Gasteiger partial charge in [0.2, 0.25) is 5.91 Å². The molecule has 0 aliphatic rings. The van der Waals surface area contributed by atoms with E-state index in [1.54, 1.807) is 0 Å². The monoisotopic (exact) mass is 231 g/mol. The van der Waals surface area contributed by atoms with Gasteiger partial charge in [0.05, 0.1) is 5.33 Å². The summed E-state index contributed by atoms with van der Waals surface area (Å²) >= 11 is 3.05. The van der Waals surface area contributed by atoms with Crippen molar-refractivity contribution in [2.24, 2.45) is 0 Å². The van der Waals surface area contributed by atoms with E-state index in [4.69, 9.17) is 0 Å². The van der Waals surface area contributed by atoms with Gasteiger partial charge in [0.15, 0.2) is 5.82 Å². The number of alkyl halides is 1. The zero-order valence-electron chi connectivity index (χ0n) is 6.72. The smallest absolute Gasteiger partial charge is 0.236 e. The quantitative estimate of drug-likeness (QED) is 0.772. The summed E-state index contributed by atoms with van der Waals surface area (Å²) in [5, 5.41) is 9.61. The van der Waals surface area contributed by atoms with Crippen molar-refractivity contribution in [1.82, 2.24) is 10.2 Å². The minimum absolute atomic E-state index is 0.0934. The van der Waals surface area contributed by atoms with Crippen LogP contribution in [0.15, 0.2) is 6.07 Å². The Morgan fingerprint density at radius 2 is 2.58 bits per heavy atom. The molecule has 66 valence electrons.